The second kappa shape index (κ2) is 10.5. The first-order chi connectivity index (χ1) is 16.7. The van der Waals surface area contributed by atoms with Gasteiger partial charge in [0.2, 0.25) is 0 Å². The Morgan fingerprint density at radius 1 is 1.09 bits per heavy atom. The van der Waals surface area contributed by atoms with E-state index in [1.807, 2.05) is 6.07 Å². The minimum Gasteiger partial charge on any atom is -0.393 e. The molecule has 0 radical (unpaired) electrons. The van der Waals surface area contributed by atoms with Crippen molar-refractivity contribution in [2.24, 2.45) is 0 Å². The second-order valence-corrected chi connectivity index (χ2v) is 9.18. The molecule has 1 fully saturated rings. The van der Waals surface area contributed by atoms with Crippen LogP contribution >= 0.6 is 11.6 Å². The summed E-state index contributed by atoms with van der Waals surface area (Å²) >= 11 is 6.05. The largest absolute Gasteiger partial charge is 0.393 e. The molecule has 35 heavy (non-hydrogen) atoms. The van der Waals surface area contributed by atoms with E-state index < -0.39 is 0 Å². The maximum atomic E-state index is 15.5. The van der Waals surface area contributed by atoms with E-state index in [0.717, 1.165) is 38.3 Å². The van der Waals surface area contributed by atoms with Gasteiger partial charge in [-0.3, -0.25) is 4.79 Å². The predicted molar refractivity (Wildman–Crippen MR) is 139 cm³/mol. The van der Waals surface area contributed by atoms with Crippen LogP contribution in [0.2, 0.25) is 5.15 Å². The van der Waals surface area contributed by atoms with Crippen LogP contribution in [0.1, 0.15) is 16.8 Å². The molecule has 8 nitrogen and oxygen atoms in total. The molecule has 3 N–H and O–H groups in total. The zero-order chi connectivity index (χ0) is 25.1. The summed E-state index contributed by atoms with van der Waals surface area (Å²) in [5.41, 5.74) is 8.92. The Labute approximate surface area is 209 Å². The molecule has 0 unspecified atom stereocenters. The van der Waals surface area contributed by atoms with Crippen molar-refractivity contribution in [1.29, 1.82) is 0 Å². The number of halogens is 2. The van der Waals surface area contributed by atoms with Crippen molar-refractivity contribution in [2.45, 2.75) is 6.42 Å². The van der Waals surface area contributed by atoms with Crippen LogP contribution in [0.4, 0.5) is 27.3 Å². The van der Waals surface area contributed by atoms with Crippen molar-refractivity contribution in [1.82, 2.24) is 19.8 Å². The molecule has 1 aliphatic rings. The summed E-state index contributed by atoms with van der Waals surface area (Å²) in [5, 5.41) is 3.22. The highest BCUT2D eigenvalue weighted by molar-refractivity contribution is 6.32. The first kappa shape index (κ1) is 24.7. The molecule has 0 atom stereocenters. The summed E-state index contributed by atoms with van der Waals surface area (Å²) in [6.07, 6.45) is 2.31. The number of likely N-dealkylation sites (N-methyl/N-ethyl adjacent to an activating group) is 1. The van der Waals surface area contributed by atoms with Gasteiger partial charge in [0.1, 0.15) is 17.8 Å². The number of benzene rings is 2. The lowest BCUT2D eigenvalue weighted by molar-refractivity contribution is 0.0827. The molecule has 10 heteroatoms. The number of amides is 1. The van der Waals surface area contributed by atoms with Gasteiger partial charge in [-0.2, -0.15) is 0 Å². The number of hydrogen-bond donors (Lipinski definition) is 2. The van der Waals surface area contributed by atoms with Crippen LogP contribution < -0.4 is 16.0 Å². The minimum atomic E-state index is -0.358. The van der Waals surface area contributed by atoms with Gasteiger partial charge in [0.25, 0.3) is 5.91 Å². The zero-order valence-corrected chi connectivity index (χ0v) is 20.8. The van der Waals surface area contributed by atoms with Gasteiger partial charge in [-0.15, -0.1) is 0 Å². The van der Waals surface area contributed by atoms with E-state index in [-0.39, 0.29) is 28.4 Å². The molecule has 0 aliphatic carbocycles. The van der Waals surface area contributed by atoms with Gasteiger partial charge in [0, 0.05) is 61.8 Å². The van der Waals surface area contributed by atoms with E-state index in [1.54, 1.807) is 44.4 Å². The van der Waals surface area contributed by atoms with Gasteiger partial charge >= 0.3 is 0 Å². The van der Waals surface area contributed by atoms with Crippen molar-refractivity contribution in [3.63, 3.8) is 0 Å². The van der Waals surface area contributed by atoms with Gasteiger partial charge in [0.05, 0.1) is 0 Å². The van der Waals surface area contributed by atoms with Crippen LogP contribution in [0, 0.1) is 5.82 Å². The molecule has 1 saturated heterocycles. The number of aromatic nitrogens is 2. The summed E-state index contributed by atoms with van der Waals surface area (Å²) in [5.74, 6) is -0.273. The third kappa shape index (κ3) is 5.47. The Hall–Kier alpha value is -3.43. The Morgan fingerprint density at radius 2 is 1.86 bits per heavy atom. The van der Waals surface area contributed by atoms with E-state index in [0.29, 0.717) is 22.4 Å². The molecule has 184 valence electrons. The molecule has 1 amide bonds. The zero-order valence-electron chi connectivity index (χ0n) is 20.1. The van der Waals surface area contributed by atoms with E-state index >= 15 is 4.39 Å². The Morgan fingerprint density at radius 3 is 2.60 bits per heavy atom. The lowest BCUT2D eigenvalue weighted by Crippen LogP contribution is -2.28. The molecule has 2 aromatic carbocycles. The molecule has 3 aromatic rings. The van der Waals surface area contributed by atoms with Gasteiger partial charge in [-0.1, -0.05) is 17.7 Å². The van der Waals surface area contributed by atoms with E-state index in [2.05, 4.69) is 32.1 Å². The highest BCUT2D eigenvalue weighted by atomic mass is 35.5. The monoisotopic (exact) mass is 497 g/mol. The number of rotatable bonds is 5. The summed E-state index contributed by atoms with van der Waals surface area (Å²) in [4.78, 5) is 26.6. The Bertz CT molecular complexity index is 1240. The number of nitrogens with two attached hydrogens (primary N) is 1. The summed E-state index contributed by atoms with van der Waals surface area (Å²) < 4.78 is 15.5. The van der Waals surface area contributed by atoms with Crippen molar-refractivity contribution < 1.29 is 9.18 Å². The number of nitrogens with one attached hydrogen (secondary N) is 1. The number of nitrogen functional groups attached to an aromatic ring is 1. The smallest absolute Gasteiger partial charge is 0.253 e. The van der Waals surface area contributed by atoms with Crippen LogP contribution in [0.5, 0.6) is 0 Å². The molecular weight excluding hydrogens is 469 g/mol. The average Bonchev–Trinajstić information content (AvgIpc) is 3.06. The van der Waals surface area contributed by atoms with Crippen molar-refractivity contribution >= 4 is 40.4 Å². The number of nitrogens with zero attached hydrogens (tertiary/aromatic N) is 5. The van der Waals surface area contributed by atoms with Gasteiger partial charge in [-0.05, 0) is 50.3 Å². The molecule has 4 rings (SSSR count). The quantitative estimate of drug-likeness (QED) is 0.513. The lowest BCUT2D eigenvalue weighted by Gasteiger charge is -2.23. The molecule has 1 aliphatic heterocycles. The molecule has 1 aromatic heterocycles. The van der Waals surface area contributed by atoms with Crippen molar-refractivity contribution in [3.8, 4) is 11.1 Å². The third-order valence-electron chi connectivity index (χ3n) is 6.09. The van der Waals surface area contributed by atoms with Crippen LogP contribution in [-0.2, 0) is 0 Å². The van der Waals surface area contributed by atoms with Crippen LogP contribution in [-0.4, -0.2) is 73.0 Å². The highest BCUT2D eigenvalue weighted by Crippen LogP contribution is 2.36. The fourth-order valence-corrected chi connectivity index (χ4v) is 4.23. The first-order valence-corrected chi connectivity index (χ1v) is 11.7. The highest BCUT2D eigenvalue weighted by Gasteiger charge is 2.19. The van der Waals surface area contributed by atoms with E-state index in [4.69, 9.17) is 17.3 Å². The predicted octanol–water partition coefficient (Wildman–Crippen LogP) is 4.11. The molecule has 0 saturated carbocycles. The lowest BCUT2D eigenvalue weighted by atomic mass is 9.99. The van der Waals surface area contributed by atoms with Gasteiger partial charge in [0.15, 0.2) is 11.0 Å². The maximum Gasteiger partial charge on any atom is 0.253 e. The van der Waals surface area contributed by atoms with E-state index in [1.165, 1.54) is 11.2 Å². The molecule has 0 spiro atoms. The third-order valence-corrected chi connectivity index (χ3v) is 6.39. The Balaban J connectivity index is 1.74. The van der Waals surface area contributed by atoms with Crippen molar-refractivity contribution in [2.75, 3.05) is 63.3 Å². The van der Waals surface area contributed by atoms with Crippen LogP contribution in [0.25, 0.3) is 11.1 Å². The fraction of sp³-hybridized carbons (Fsp3) is 0.320. The van der Waals surface area contributed by atoms with Crippen LogP contribution in [0.15, 0.2) is 42.7 Å². The number of hydrogen-bond acceptors (Lipinski definition) is 7. The summed E-state index contributed by atoms with van der Waals surface area (Å²) in [6.45, 7) is 3.68. The summed E-state index contributed by atoms with van der Waals surface area (Å²) in [6, 6.07) is 10.3. The van der Waals surface area contributed by atoms with Crippen LogP contribution in [0.3, 0.4) is 0 Å². The maximum absolute atomic E-state index is 15.5. The van der Waals surface area contributed by atoms with Gasteiger partial charge < -0.3 is 25.8 Å². The standard InChI is InChI=1S/C25H29ClFN7O/c1-32(2)25(35)16-5-7-19(21(13-16)31-24-22(28)23(26)29-15-30-24)18-8-6-17(14-20(18)27)34-10-4-9-33(3)11-12-34/h5-8,13-15H,4,9-12,28H2,1-3H3,(H,29,30,31). The molecular formula is C25H29ClFN7O. The first-order valence-electron chi connectivity index (χ1n) is 11.4. The fourth-order valence-electron chi connectivity index (χ4n) is 4.10. The normalized spacial score (nSPS) is 14.5. The Kier molecular flexibility index (Phi) is 7.37. The SMILES string of the molecule is CN1CCCN(c2ccc(-c3ccc(C(=O)N(C)C)cc3Nc3ncnc(Cl)c3N)c(F)c2)CC1. The van der Waals surface area contributed by atoms with Gasteiger partial charge in [-0.25, -0.2) is 14.4 Å². The second-order valence-electron chi connectivity index (χ2n) is 8.82. The molecule has 0 bridgehead atoms. The number of anilines is 4. The topological polar surface area (TPSA) is 90.6 Å². The van der Waals surface area contributed by atoms with E-state index in [9.17, 15) is 4.79 Å². The number of carbonyl (C=O) groups excluding carboxylic acids is 1. The van der Waals surface area contributed by atoms with Crippen molar-refractivity contribution in [3.05, 3.63) is 59.3 Å². The summed E-state index contributed by atoms with van der Waals surface area (Å²) in [7, 11) is 5.44. The average molecular weight is 498 g/mol. The minimum absolute atomic E-state index is 0.100. The molecule has 2 heterocycles. The number of carbonyl (C=O) groups is 1.